The molecule has 1 N–H and O–H groups in total. The van der Waals surface area contributed by atoms with Crippen molar-refractivity contribution in [3.8, 4) is 11.8 Å². The highest BCUT2D eigenvalue weighted by molar-refractivity contribution is 5.57. The maximum absolute atomic E-state index is 12.8. The Balaban J connectivity index is 2.92. The van der Waals surface area contributed by atoms with Crippen LogP contribution in [0.5, 0.6) is 5.75 Å². The summed E-state index contributed by atoms with van der Waals surface area (Å²) in [6.07, 6.45) is 0. The molecule has 1 atom stereocenters. The number of nitrogens with zero attached hydrogens (tertiary/aromatic N) is 1. The molecule has 1 unspecified atom stereocenters. The molecule has 0 amide bonds. The molecule has 0 saturated carbocycles. The second-order valence-electron chi connectivity index (χ2n) is 2.84. The number of nitriles is 1. The molecule has 0 aromatic heterocycles. The van der Waals surface area contributed by atoms with Crippen molar-refractivity contribution in [3.63, 3.8) is 0 Å². The van der Waals surface area contributed by atoms with Crippen LogP contribution in [0.4, 0.5) is 10.1 Å². The summed E-state index contributed by atoms with van der Waals surface area (Å²) in [6.45, 7) is 1.71. The van der Waals surface area contributed by atoms with Gasteiger partial charge in [-0.05, 0) is 19.1 Å². The van der Waals surface area contributed by atoms with Crippen LogP contribution in [-0.2, 0) is 0 Å². The Morgan fingerprint density at radius 1 is 1.57 bits per heavy atom. The van der Waals surface area contributed by atoms with E-state index in [0.717, 1.165) is 0 Å². The van der Waals surface area contributed by atoms with E-state index in [9.17, 15) is 4.39 Å². The highest BCUT2D eigenvalue weighted by Crippen LogP contribution is 2.25. The molecule has 0 fully saturated rings. The van der Waals surface area contributed by atoms with E-state index in [1.807, 2.05) is 6.07 Å². The molecular formula is C10H11FN2O. The molecule has 0 saturated heterocycles. The minimum atomic E-state index is -0.364. The molecule has 0 aliphatic carbocycles. The second kappa shape index (κ2) is 4.47. The molecule has 0 aliphatic rings. The van der Waals surface area contributed by atoms with E-state index in [2.05, 4.69) is 5.32 Å². The lowest BCUT2D eigenvalue weighted by Gasteiger charge is -2.11. The first-order chi connectivity index (χ1) is 6.67. The van der Waals surface area contributed by atoms with Crippen LogP contribution in [-0.4, -0.2) is 13.2 Å². The fraction of sp³-hybridized carbons (Fsp3) is 0.300. The molecule has 0 bridgehead atoms. The zero-order valence-electron chi connectivity index (χ0n) is 8.04. The van der Waals surface area contributed by atoms with Crippen LogP contribution in [0.25, 0.3) is 0 Å². The van der Waals surface area contributed by atoms with Crippen molar-refractivity contribution >= 4 is 5.69 Å². The van der Waals surface area contributed by atoms with Crippen LogP contribution >= 0.6 is 0 Å². The maximum atomic E-state index is 12.8. The SMILES string of the molecule is COc1cc(F)ccc1NC(C)C#N. The first kappa shape index (κ1) is 10.3. The maximum Gasteiger partial charge on any atom is 0.144 e. The third-order valence-electron chi connectivity index (χ3n) is 1.73. The van der Waals surface area contributed by atoms with E-state index < -0.39 is 0 Å². The highest BCUT2D eigenvalue weighted by Gasteiger charge is 2.06. The van der Waals surface area contributed by atoms with Gasteiger partial charge < -0.3 is 10.1 Å². The number of halogens is 1. The number of benzene rings is 1. The Hall–Kier alpha value is -1.76. The average molecular weight is 194 g/mol. The van der Waals surface area contributed by atoms with Crippen molar-refractivity contribution in [2.45, 2.75) is 13.0 Å². The number of hydrogen-bond donors (Lipinski definition) is 1. The Kier molecular flexibility index (Phi) is 3.29. The van der Waals surface area contributed by atoms with Crippen LogP contribution in [0, 0.1) is 17.1 Å². The van der Waals surface area contributed by atoms with Gasteiger partial charge in [-0.15, -0.1) is 0 Å². The molecule has 0 heterocycles. The summed E-state index contributed by atoms with van der Waals surface area (Å²) in [5, 5.41) is 11.5. The molecule has 0 aliphatic heterocycles. The first-order valence-electron chi connectivity index (χ1n) is 4.17. The standard InChI is InChI=1S/C10H11FN2O/c1-7(6-12)13-9-4-3-8(11)5-10(9)14-2/h3-5,7,13H,1-2H3. The van der Waals surface area contributed by atoms with E-state index in [4.69, 9.17) is 10.00 Å². The largest absolute Gasteiger partial charge is 0.494 e. The smallest absolute Gasteiger partial charge is 0.144 e. The Morgan fingerprint density at radius 3 is 2.86 bits per heavy atom. The lowest BCUT2D eigenvalue weighted by Crippen LogP contribution is -2.12. The number of anilines is 1. The number of rotatable bonds is 3. The van der Waals surface area contributed by atoms with Gasteiger partial charge in [-0.25, -0.2) is 4.39 Å². The van der Waals surface area contributed by atoms with Crippen LogP contribution in [0.15, 0.2) is 18.2 Å². The minimum absolute atomic E-state index is 0.339. The number of nitrogens with one attached hydrogen (secondary N) is 1. The van der Waals surface area contributed by atoms with Gasteiger partial charge >= 0.3 is 0 Å². The fourth-order valence-corrected chi connectivity index (χ4v) is 1.05. The van der Waals surface area contributed by atoms with Crippen LogP contribution < -0.4 is 10.1 Å². The highest BCUT2D eigenvalue weighted by atomic mass is 19.1. The van der Waals surface area contributed by atoms with Crippen LogP contribution in [0.2, 0.25) is 0 Å². The second-order valence-corrected chi connectivity index (χ2v) is 2.84. The van der Waals surface area contributed by atoms with E-state index in [-0.39, 0.29) is 11.9 Å². The zero-order chi connectivity index (χ0) is 10.6. The summed E-state index contributed by atoms with van der Waals surface area (Å²) >= 11 is 0. The van der Waals surface area contributed by atoms with Gasteiger partial charge in [-0.1, -0.05) is 0 Å². The average Bonchev–Trinajstić information content (AvgIpc) is 2.20. The van der Waals surface area contributed by atoms with E-state index in [1.165, 1.54) is 19.2 Å². The number of methoxy groups -OCH3 is 1. The molecular weight excluding hydrogens is 183 g/mol. The van der Waals surface area contributed by atoms with Crippen LogP contribution in [0.1, 0.15) is 6.92 Å². The van der Waals surface area contributed by atoms with E-state index >= 15 is 0 Å². The van der Waals surface area contributed by atoms with Crippen molar-refractivity contribution in [2.75, 3.05) is 12.4 Å². The van der Waals surface area contributed by atoms with Gasteiger partial charge in [-0.2, -0.15) is 5.26 Å². The molecule has 0 radical (unpaired) electrons. The quantitative estimate of drug-likeness (QED) is 0.801. The van der Waals surface area contributed by atoms with Crippen molar-refractivity contribution < 1.29 is 9.13 Å². The molecule has 0 spiro atoms. The fourth-order valence-electron chi connectivity index (χ4n) is 1.05. The third kappa shape index (κ3) is 2.36. The summed E-state index contributed by atoms with van der Waals surface area (Å²) in [5.41, 5.74) is 0.614. The predicted octanol–water partition coefficient (Wildman–Crippen LogP) is 2.16. The molecule has 1 aromatic carbocycles. The lowest BCUT2D eigenvalue weighted by molar-refractivity contribution is 0.413. The van der Waals surface area contributed by atoms with Gasteiger partial charge in [-0.3, -0.25) is 0 Å². The monoisotopic (exact) mass is 194 g/mol. The first-order valence-corrected chi connectivity index (χ1v) is 4.17. The summed E-state index contributed by atoms with van der Waals surface area (Å²) in [7, 11) is 1.46. The van der Waals surface area contributed by atoms with Gasteiger partial charge in [0, 0.05) is 6.07 Å². The molecule has 1 aromatic rings. The van der Waals surface area contributed by atoms with Crippen LogP contribution in [0.3, 0.4) is 0 Å². The van der Waals surface area contributed by atoms with Crippen molar-refractivity contribution in [1.82, 2.24) is 0 Å². The summed E-state index contributed by atoms with van der Waals surface area (Å²) in [5.74, 6) is 0.0316. The van der Waals surface area contributed by atoms with Gasteiger partial charge in [0.05, 0.1) is 18.9 Å². The van der Waals surface area contributed by atoms with Crippen molar-refractivity contribution in [1.29, 1.82) is 5.26 Å². The minimum Gasteiger partial charge on any atom is -0.494 e. The van der Waals surface area contributed by atoms with Gasteiger partial charge in [0.15, 0.2) is 0 Å². The van der Waals surface area contributed by atoms with Gasteiger partial charge in [0.2, 0.25) is 0 Å². The Morgan fingerprint density at radius 2 is 2.29 bits per heavy atom. The van der Waals surface area contributed by atoms with Gasteiger partial charge in [0.1, 0.15) is 17.6 Å². The summed E-state index contributed by atoms with van der Waals surface area (Å²) in [6, 6.07) is 5.81. The Bertz CT molecular complexity index is 360. The van der Waals surface area contributed by atoms with Crippen molar-refractivity contribution in [3.05, 3.63) is 24.0 Å². The lowest BCUT2D eigenvalue weighted by atomic mass is 10.2. The predicted molar refractivity (Wildman–Crippen MR) is 51.6 cm³/mol. The molecule has 4 heteroatoms. The van der Waals surface area contributed by atoms with E-state index in [1.54, 1.807) is 13.0 Å². The molecule has 3 nitrogen and oxygen atoms in total. The third-order valence-corrected chi connectivity index (χ3v) is 1.73. The van der Waals surface area contributed by atoms with Gasteiger partial charge in [0.25, 0.3) is 0 Å². The topological polar surface area (TPSA) is 45.0 Å². The molecule has 1 rings (SSSR count). The summed E-state index contributed by atoms with van der Waals surface area (Å²) in [4.78, 5) is 0. The summed E-state index contributed by atoms with van der Waals surface area (Å²) < 4.78 is 17.7. The zero-order valence-corrected chi connectivity index (χ0v) is 8.04. The number of hydrogen-bond acceptors (Lipinski definition) is 3. The molecule has 14 heavy (non-hydrogen) atoms. The normalized spacial score (nSPS) is 11.6. The number of ether oxygens (including phenoxy) is 1. The Labute approximate surface area is 82.1 Å². The van der Waals surface area contributed by atoms with E-state index in [0.29, 0.717) is 11.4 Å². The van der Waals surface area contributed by atoms with Crippen molar-refractivity contribution in [2.24, 2.45) is 0 Å². The molecule has 74 valence electrons.